The van der Waals surface area contributed by atoms with E-state index in [0.717, 1.165) is 48.9 Å². The topological polar surface area (TPSA) is 54.0 Å². The number of carbonyl (C=O) groups excluding carboxylic acids is 1. The maximum atomic E-state index is 12.4. The summed E-state index contributed by atoms with van der Waals surface area (Å²) in [6.45, 7) is 2.09. The first-order valence-corrected chi connectivity index (χ1v) is 7.63. The van der Waals surface area contributed by atoms with Crippen molar-refractivity contribution in [2.45, 2.75) is 19.3 Å². The van der Waals surface area contributed by atoms with Crippen LogP contribution < -0.4 is 10.6 Å². The van der Waals surface area contributed by atoms with Crippen molar-refractivity contribution >= 4 is 22.5 Å². The van der Waals surface area contributed by atoms with Crippen LogP contribution >= 0.6 is 0 Å². The molecule has 1 aromatic carbocycles. The van der Waals surface area contributed by atoms with E-state index in [1.807, 2.05) is 30.3 Å². The minimum absolute atomic E-state index is 0.161. The lowest BCUT2D eigenvalue weighted by Crippen LogP contribution is -2.31. The molecule has 2 aliphatic rings. The number of amides is 1. The number of carbonyl (C=O) groups is 1. The molecular formula is C17H19N3O. The Morgan fingerprint density at radius 3 is 2.95 bits per heavy atom. The standard InChI is InChI=1S/C17H19N3O/c21-16(14-10-17(14)5-7-18-8-6-17)20-13-9-12-3-1-2-4-15(12)19-11-13/h1-4,9,11,14,18H,5-8,10H2,(H,20,21). The van der Waals surface area contributed by atoms with Crippen LogP contribution in [0.15, 0.2) is 36.5 Å². The second-order valence-corrected chi connectivity index (χ2v) is 6.28. The Hall–Kier alpha value is -1.94. The Balaban J connectivity index is 1.49. The van der Waals surface area contributed by atoms with E-state index in [-0.39, 0.29) is 17.2 Å². The Kier molecular flexibility index (Phi) is 2.93. The zero-order valence-corrected chi connectivity index (χ0v) is 11.9. The molecule has 0 bridgehead atoms. The van der Waals surface area contributed by atoms with Crippen molar-refractivity contribution in [3.05, 3.63) is 36.5 Å². The van der Waals surface area contributed by atoms with Gasteiger partial charge in [-0.3, -0.25) is 9.78 Å². The molecular weight excluding hydrogens is 262 g/mol. The number of anilines is 1. The monoisotopic (exact) mass is 281 g/mol. The van der Waals surface area contributed by atoms with Gasteiger partial charge in [-0.1, -0.05) is 18.2 Å². The second-order valence-electron chi connectivity index (χ2n) is 6.28. The summed E-state index contributed by atoms with van der Waals surface area (Å²) in [7, 11) is 0. The number of rotatable bonds is 2. The highest BCUT2D eigenvalue weighted by molar-refractivity contribution is 5.96. The van der Waals surface area contributed by atoms with Crippen LogP contribution in [0.2, 0.25) is 0 Å². The van der Waals surface area contributed by atoms with Crippen molar-refractivity contribution in [1.82, 2.24) is 10.3 Å². The highest BCUT2D eigenvalue weighted by Crippen LogP contribution is 2.58. The van der Waals surface area contributed by atoms with Crippen LogP contribution in [0.5, 0.6) is 0 Å². The van der Waals surface area contributed by atoms with Gasteiger partial charge in [0.1, 0.15) is 0 Å². The van der Waals surface area contributed by atoms with Gasteiger partial charge >= 0.3 is 0 Å². The number of piperidine rings is 1. The highest BCUT2D eigenvalue weighted by Gasteiger charge is 2.57. The fourth-order valence-electron chi connectivity index (χ4n) is 3.56. The fraction of sp³-hybridized carbons (Fsp3) is 0.412. The van der Waals surface area contributed by atoms with E-state index in [0.29, 0.717) is 0 Å². The number of para-hydroxylation sites is 1. The van der Waals surface area contributed by atoms with Gasteiger partial charge in [0, 0.05) is 11.3 Å². The normalized spacial score (nSPS) is 23.1. The molecule has 0 radical (unpaired) electrons. The lowest BCUT2D eigenvalue weighted by atomic mass is 9.92. The number of nitrogens with one attached hydrogen (secondary N) is 2. The van der Waals surface area contributed by atoms with E-state index in [4.69, 9.17) is 0 Å². The van der Waals surface area contributed by atoms with Crippen LogP contribution in [-0.2, 0) is 4.79 Å². The van der Waals surface area contributed by atoms with E-state index in [2.05, 4.69) is 15.6 Å². The summed E-state index contributed by atoms with van der Waals surface area (Å²) in [5.41, 5.74) is 2.03. The Morgan fingerprint density at radius 1 is 1.29 bits per heavy atom. The molecule has 4 heteroatoms. The van der Waals surface area contributed by atoms with Gasteiger partial charge < -0.3 is 10.6 Å². The quantitative estimate of drug-likeness (QED) is 0.889. The molecule has 4 nitrogen and oxygen atoms in total. The van der Waals surface area contributed by atoms with Crippen molar-refractivity contribution in [2.24, 2.45) is 11.3 Å². The second kappa shape index (κ2) is 4.81. The van der Waals surface area contributed by atoms with Crippen LogP contribution in [-0.4, -0.2) is 24.0 Å². The molecule has 2 heterocycles. The van der Waals surface area contributed by atoms with Crippen LogP contribution in [0, 0.1) is 11.3 Å². The molecule has 1 unspecified atom stereocenters. The predicted molar refractivity (Wildman–Crippen MR) is 83.0 cm³/mol. The van der Waals surface area contributed by atoms with Gasteiger partial charge in [-0.15, -0.1) is 0 Å². The molecule has 1 aliphatic heterocycles. The van der Waals surface area contributed by atoms with Crippen molar-refractivity contribution < 1.29 is 4.79 Å². The zero-order valence-electron chi connectivity index (χ0n) is 11.9. The third-order valence-corrected chi connectivity index (χ3v) is 4.96. The number of fused-ring (bicyclic) bond motifs is 1. The van der Waals surface area contributed by atoms with Crippen molar-refractivity contribution in [1.29, 1.82) is 0 Å². The molecule has 1 saturated heterocycles. The molecule has 1 atom stereocenters. The molecule has 1 aliphatic carbocycles. The van der Waals surface area contributed by atoms with E-state index in [9.17, 15) is 4.79 Å². The average molecular weight is 281 g/mol. The third-order valence-electron chi connectivity index (χ3n) is 4.96. The first kappa shape index (κ1) is 12.8. The Bertz CT molecular complexity index is 691. The molecule has 21 heavy (non-hydrogen) atoms. The van der Waals surface area contributed by atoms with E-state index < -0.39 is 0 Å². The summed E-state index contributed by atoms with van der Waals surface area (Å²) in [5, 5.41) is 7.47. The molecule has 108 valence electrons. The van der Waals surface area contributed by atoms with Gasteiger partial charge in [0.15, 0.2) is 0 Å². The van der Waals surface area contributed by atoms with Crippen molar-refractivity contribution in [3.63, 3.8) is 0 Å². The van der Waals surface area contributed by atoms with Crippen LogP contribution in [0.3, 0.4) is 0 Å². The summed E-state index contributed by atoms with van der Waals surface area (Å²) in [4.78, 5) is 16.8. The SMILES string of the molecule is O=C(Nc1cnc2ccccc2c1)C1CC12CCNCC2. The summed E-state index contributed by atoms with van der Waals surface area (Å²) < 4.78 is 0. The third kappa shape index (κ3) is 2.29. The van der Waals surface area contributed by atoms with Gasteiger partial charge in [0.05, 0.1) is 17.4 Å². The first-order chi connectivity index (χ1) is 10.3. The maximum Gasteiger partial charge on any atom is 0.228 e. The Morgan fingerprint density at radius 2 is 2.10 bits per heavy atom. The summed E-state index contributed by atoms with van der Waals surface area (Å²) in [6.07, 6.45) is 5.04. The van der Waals surface area contributed by atoms with Crippen LogP contribution in [0.4, 0.5) is 5.69 Å². The first-order valence-electron chi connectivity index (χ1n) is 7.63. The van der Waals surface area contributed by atoms with E-state index >= 15 is 0 Å². The number of nitrogens with zero attached hydrogens (tertiary/aromatic N) is 1. The minimum Gasteiger partial charge on any atom is -0.324 e. The molecule has 1 amide bonds. The van der Waals surface area contributed by atoms with E-state index in [1.54, 1.807) is 6.20 Å². The zero-order chi connectivity index (χ0) is 14.3. The van der Waals surface area contributed by atoms with Crippen molar-refractivity contribution in [2.75, 3.05) is 18.4 Å². The van der Waals surface area contributed by atoms with Crippen LogP contribution in [0.1, 0.15) is 19.3 Å². The lowest BCUT2D eigenvalue weighted by molar-refractivity contribution is -0.118. The molecule has 2 fully saturated rings. The van der Waals surface area contributed by atoms with E-state index in [1.165, 1.54) is 0 Å². The number of pyridine rings is 1. The number of aromatic nitrogens is 1. The van der Waals surface area contributed by atoms with Gasteiger partial charge in [-0.05, 0) is 49.9 Å². The summed E-state index contributed by atoms with van der Waals surface area (Å²) >= 11 is 0. The maximum absolute atomic E-state index is 12.4. The smallest absolute Gasteiger partial charge is 0.228 e. The highest BCUT2D eigenvalue weighted by atomic mass is 16.2. The predicted octanol–water partition coefficient (Wildman–Crippen LogP) is 2.56. The number of hydrogen-bond acceptors (Lipinski definition) is 3. The van der Waals surface area contributed by atoms with Crippen LogP contribution in [0.25, 0.3) is 10.9 Å². The molecule has 1 aromatic heterocycles. The van der Waals surface area contributed by atoms with Gasteiger partial charge in [0.25, 0.3) is 0 Å². The number of hydrogen-bond donors (Lipinski definition) is 2. The Labute approximate surface area is 124 Å². The largest absolute Gasteiger partial charge is 0.324 e. The lowest BCUT2D eigenvalue weighted by Gasteiger charge is -2.23. The van der Waals surface area contributed by atoms with Gasteiger partial charge in [-0.2, -0.15) is 0 Å². The number of benzene rings is 1. The summed E-state index contributed by atoms with van der Waals surface area (Å²) in [5.74, 6) is 0.347. The van der Waals surface area contributed by atoms with Gasteiger partial charge in [-0.25, -0.2) is 0 Å². The molecule has 4 rings (SSSR count). The molecule has 2 aromatic rings. The van der Waals surface area contributed by atoms with Gasteiger partial charge in [0.2, 0.25) is 5.91 Å². The molecule has 1 spiro atoms. The fourth-order valence-corrected chi connectivity index (χ4v) is 3.56. The summed E-state index contributed by atoms with van der Waals surface area (Å²) in [6, 6.07) is 9.95. The molecule has 1 saturated carbocycles. The average Bonchev–Trinajstić information content (AvgIpc) is 3.21. The van der Waals surface area contributed by atoms with Crippen molar-refractivity contribution in [3.8, 4) is 0 Å². The molecule has 2 N–H and O–H groups in total. The minimum atomic E-state index is 0.161.